The standard InChI is InChI=1S/CH7N3.CH3NO3P.HO3P/c2-1(3)4;2-1-4-6(3)5-1;1-4(2)3/h1H,2-4H2;1H,2H2;(H-,1,2,3)/q;+1;/p+1. The van der Waals surface area contributed by atoms with Gasteiger partial charge in [-0.3, -0.25) is 5.73 Å². The normalized spacial score (nSPS) is 21.1. The third kappa shape index (κ3) is 22.6. The molecule has 0 aromatic rings. The van der Waals surface area contributed by atoms with Gasteiger partial charge < -0.3 is 17.2 Å². The monoisotopic (exact) mass is 250 g/mol. The molecule has 0 aromatic heterocycles. The highest BCUT2D eigenvalue weighted by Gasteiger charge is 2.42. The lowest BCUT2D eigenvalue weighted by Crippen LogP contribution is -2.39. The van der Waals surface area contributed by atoms with E-state index in [9.17, 15) is 4.57 Å². The molecule has 0 aliphatic carbocycles. The van der Waals surface area contributed by atoms with E-state index in [1.165, 1.54) is 0 Å². The molecule has 1 aliphatic heterocycles. The maximum atomic E-state index is 9.73. The van der Waals surface area contributed by atoms with Crippen LogP contribution in [0.15, 0.2) is 0 Å². The first-order chi connectivity index (χ1) is 6.25. The van der Waals surface area contributed by atoms with Gasteiger partial charge in [0.05, 0.1) is 0 Å². The van der Waals surface area contributed by atoms with Gasteiger partial charge in [0.25, 0.3) is 0 Å². The van der Waals surface area contributed by atoms with Crippen molar-refractivity contribution in [2.75, 3.05) is 0 Å². The van der Waals surface area contributed by atoms with Gasteiger partial charge in [-0.1, -0.05) is 9.05 Å². The molecular weight excluding hydrogens is 238 g/mol. The molecular formula is C2H12N4O6P2+2. The molecule has 10 nitrogen and oxygen atoms in total. The average molecular weight is 250 g/mol. The highest BCUT2D eigenvalue weighted by atomic mass is 31.1. The van der Waals surface area contributed by atoms with E-state index in [2.05, 4.69) is 26.2 Å². The number of nitrogens with two attached hydrogens (primary N) is 4. The topological polar surface area (TPSA) is 197 Å². The van der Waals surface area contributed by atoms with Crippen LogP contribution in [0.1, 0.15) is 0 Å². The molecule has 0 spiro atoms. The smallest absolute Gasteiger partial charge is 0.304 e. The minimum absolute atomic E-state index is 0.667. The quantitative estimate of drug-likeness (QED) is 0.201. The molecule has 14 heavy (non-hydrogen) atoms. The number of hydrogen-bond acceptors (Lipinski definition) is 8. The third-order valence-electron chi connectivity index (χ3n) is 0.380. The summed E-state index contributed by atoms with van der Waals surface area (Å²) in [6.45, 7) is 0. The fourth-order valence-corrected chi connectivity index (χ4v) is 0.533. The first kappa shape index (κ1) is 16.3. The Morgan fingerprint density at radius 3 is 1.50 bits per heavy atom. The average Bonchev–Trinajstić information content (AvgIpc) is 1.81. The fraction of sp³-hybridized carbons (Fsp3) is 1.00. The summed E-state index contributed by atoms with van der Waals surface area (Å²) < 4.78 is 26.8. The van der Waals surface area contributed by atoms with Gasteiger partial charge in [-0.15, -0.1) is 9.79 Å². The molecule has 1 fully saturated rings. The van der Waals surface area contributed by atoms with E-state index < -0.39 is 29.2 Å². The van der Waals surface area contributed by atoms with Gasteiger partial charge in [-0.05, 0) is 0 Å². The Hall–Kier alpha value is -0.120. The van der Waals surface area contributed by atoms with Gasteiger partial charge in [0, 0.05) is 9.13 Å². The lowest BCUT2D eigenvalue weighted by Gasteiger charge is -2.01. The Morgan fingerprint density at radius 1 is 1.29 bits per heavy atom. The zero-order valence-electron chi connectivity index (χ0n) is 6.89. The Balaban J connectivity index is 0. The van der Waals surface area contributed by atoms with Crippen molar-refractivity contribution in [3.05, 3.63) is 0 Å². The second-order valence-electron chi connectivity index (χ2n) is 1.63. The van der Waals surface area contributed by atoms with Crippen molar-refractivity contribution in [2.45, 2.75) is 12.7 Å². The van der Waals surface area contributed by atoms with Gasteiger partial charge in [0.1, 0.15) is 6.29 Å². The lowest BCUT2D eigenvalue weighted by atomic mass is 11.0. The molecule has 1 aliphatic rings. The first-order valence-electron chi connectivity index (χ1n) is 2.94. The van der Waals surface area contributed by atoms with Crippen molar-refractivity contribution >= 4 is 16.5 Å². The Kier molecular flexibility index (Phi) is 11.0. The Bertz CT molecular complexity index is 174. The van der Waals surface area contributed by atoms with Crippen LogP contribution in [0.2, 0.25) is 0 Å². The van der Waals surface area contributed by atoms with E-state index in [-0.39, 0.29) is 0 Å². The largest absolute Gasteiger partial charge is 0.706 e. The second kappa shape index (κ2) is 9.44. The van der Waals surface area contributed by atoms with E-state index >= 15 is 0 Å². The fourth-order valence-electron chi connectivity index (χ4n) is 0.178. The summed E-state index contributed by atoms with van der Waals surface area (Å²) in [5, 5.41) is 0. The molecule has 0 atom stereocenters. The summed E-state index contributed by atoms with van der Waals surface area (Å²) in [5.41, 5.74) is 18.8. The van der Waals surface area contributed by atoms with E-state index in [4.69, 9.17) is 20.1 Å². The van der Waals surface area contributed by atoms with Gasteiger partial charge in [0.15, 0.2) is 0 Å². The zero-order valence-corrected chi connectivity index (χ0v) is 8.67. The molecule has 1 heterocycles. The summed E-state index contributed by atoms with van der Waals surface area (Å²) in [7, 11) is -4.70. The van der Waals surface area contributed by atoms with Crippen LogP contribution in [0.4, 0.5) is 0 Å². The molecule has 0 saturated carbocycles. The lowest BCUT2D eigenvalue weighted by molar-refractivity contribution is -0.0712. The Morgan fingerprint density at radius 2 is 1.50 bits per heavy atom. The van der Waals surface area contributed by atoms with E-state index in [0.717, 1.165) is 0 Å². The van der Waals surface area contributed by atoms with Crippen LogP contribution in [-0.4, -0.2) is 22.5 Å². The van der Waals surface area contributed by atoms with Crippen molar-refractivity contribution in [2.24, 2.45) is 22.9 Å². The maximum absolute atomic E-state index is 9.73. The maximum Gasteiger partial charge on any atom is 0.706 e. The molecule has 1 saturated heterocycles. The van der Waals surface area contributed by atoms with Crippen molar-refractivity contribution in [3.8, 4) is 0 Å². The highest BCUT2D eigenvalue weighted by Crippen LogP contribution is 2.36. The highest BCUT2D eigenvalue weighted by molar-refractivity contribution is 7.34. The van der Waals surface area contributed by atoms with Gasteiger partial charge in [-0.25, -0.2) is 0 Å². The van der Waals surface area contributed by atoms with Crippen LogP contribution in [0, 0.1) is 0 Å². The molecule has 0 unspecified atom stereocenters. The van der Waals surface area contributed by atoms with Crippen LogP contribution < -0.4 is 22.9 Å². The summed E-state index contributed by atoms with van der Waals surface area (Å²) in [4.78, 5) is 14.2. The van der Waals surface area contributed by atoms with Crippen molar-refractivity contribution in [3.63, 3.8) is 0 Å². The Labute approximate surface area is 81.0 Å². The van der Waals surface area contributed by atoms with Gasteiger partial charge in [0.2, 0.25) is 0 Å². The van der Waals surface area contributed by atoms with Crippen LogP contribution >= 0.6 is 16.5 Å². The summed E-state index contributed by atoms with van der Waals surface area (Å²) in [6.07, 6.45) is -1.41. The van der Waals surface area contributed by atoms with E-state index in [1.807, 2.05) is 0 Å². The summed E-state index contributed by atoms with van der Waals surface area (Å²) in [6, 6.07) is 0. The van der Waals surface area contributed by atoms with Crippen LogP contribution in [0.25, 0.3) is 0 Å². The second-order valence-corrected chi connectivity index (χ2v) is 3.01. The zero-order chi connectivity index (χ0) is 11.7. The molecule has 10 N–H and O–H groups in total. The minimum Gasteiger partial charge on any atom is -0.304 e. The first-order valence-corrected chi connectivity index (χ1v) is 5.20. The van der Waals surface area contributed by atoms with Crippen molar-refractivity contribution in [1.29, 1.82) is 0 Å². The number of hydrogen-bond donors (Lipinski definition) is 6. The van der Waals surface area contributed by atoms with Crippen molar-refractivity contribution in [1.82, 2.24) is 0 Å². The molecule has 1 rings (SSSR count). The summed E-state index contributed by atoms with van der Waals surface area (Å²) in [5.74, 6) is 0. The van der Waals surface area contributed by atoms with Crippen LogP contribution in [-0.2, 0) is 18.2 Å². The van der Waals surface area contributed by atoms with Crippen molar-refractivity contribution < 1.29 is 28.0 Å². The number of rotatable bonds is 0. The van der Waals surface area contributed by atoms with Crippen LogP contribution in [0.3, 0.4) is 0 Å². The summed E-state index contributed by atoms with van der Waals surface area (Å²) >= 11 is 0. The SMILES string of the molecule is NC(N)N.NC1O[P+](=O)O1.O=[P+](O)O. The molecule has 84 valence electrons. The predicted molar refractivity (Wildman–Crippen MR) is 46.1 cm³/mol. The third-order valence-corrected chi connectivity index (χ3v) is 1.14. The van der Waals surface area contributed by atoms with E-state index in [0.29, 0.717) is 0 Å². The van der Waals surface area contributed by atoms with Gasteiger partial charge in [-0.2, -0.15) is 0 Å². The van der Waals surface area contributed by atoms with E-state index in [1.54, 1.807) is 0 Å². The minimum atomic E-state index is -2.87. The predicted octanol–water partition coefficient (Wildman–Crippen LogP) is -2.29. The molecule has 0 radical (unpaired) electrons. The van der Waals surface area contributed by atoms with Gasteiger partial charge >= 0.3 is 22.9 Å². The molecule has 0 aromatic carbocycles. The molecule has 0 amide bonds. The molecule has 12 heteroatoms. The van der Waals surface area contributed by atoms with Crippen LogP contribution in [0.5, 0.6) is 0 Å². The molecule has 0 bridgehead atoms.